The molecule has 7 nitrogen and oxygen atoms in total. The fourth-order valence-electron chi connectivity index (χ4n) is 2.61. The Morgan fingerprint density at radius 3 is 2.34 bits per heavy atom. The molecule has 1 amide bonds. The molecule has 0 spiro atoms. The molecule has 0 aliphatic heterocycles. The second kappa shape index (κ2) is 9.20. The molecule has 0 bridgehead atoms. The van der Waals surface area contributed by atoms with Crippen LogP contribution in [0.2, 0.25) is 0 Å². The predicted molar refractivity (Wildman–Crippen MR) is 113 cm³/mol. The van der Waals surface area contributed by atoms with E-state index in [4.69, 9.17) is 9.47 Å². The molecular weight excluding hydrogens is 390 g/mol. The van der Waals surface area contributed by atoms with E-state index in [-0.39, 0.29) is 11.7 Å². The molecule has 2 aromatic carbocycles. The fraction of sp³-hybridized carbons (Fsp3) is 0.190. The van der Waals surface area contributed by atoms with Crippen molar-refractivity contribution in [1.29, 1.82) is 0 Å². The molecule has 0 aliphatic carbocycles. The maximum Gasteiger partial charge on any atom is 0.251 e. The third-order valence-corrected chi connectivity index (χ3v) is 4.98. The van der Waals surface area contributed by atoms with Gasteiger partial charge in [-0.2, -0.15) is 0 Å². The van der Waals surface area contributed by atoms with Crippen LogP contribution in [0.5, 0.6) is 11.5 Å². The van der Waals surface area contributed by atoms with Gasteiger partial charge < -0.3 is 20.1 Å². The summed E-state index contributed by atoms with van der Waals surface area (Å²) in [4.78, 5) is 28.2. The summed E-state index contributed by atoms with van der Waals surface area (Å²) in [7, 11) is 3.07. The first-order chi connectivity index (χ1) is 14.0. The summed E-state index contributed by atoms with van der Waals surface area (Å²) in [6.45, 7) is 1.83. The van der Waals surface area contributed by atoms with Gasteiger partial charge in [0.25, 0.3) is 5.91 Å². The van der Waals surface area contributed by atoms with Gasteiger partial charge in [0.15, 0.2) is 22.4 Å². The highest BCUT2D eigenvalue weighted by atomic mass is 32.1. The van der Waals surface area contributed by atoms with Gasteiger partial charge >= 0.3 is 0 Å². The Morgan fingerprint density at radius 1 is 1.00 bits per heavy atom. The van der Waals surface area contributed by atoms with E-state index >= 15 is 0 Å². The summed E-state index contributed by atoms with van der Waals surface area (Å²) in [5, 5.41) is 8.62. The number of rotatable bonds is 8. The van der Waals surface area contributed by atoms with Gasteiger partial charge in [0.2, 0.25) is 0 Å². The first-order valence-corrected chi connectivity index (χ1v) is 9.70. The number of benzene rings is 2. The number of nitrogens with zero attached hydrogens (tertiary/aromatic N) is 1. The lowest BCUT2D eigenvalue weighted by Crippen LogP contribution is -2.23. The zero-order chi connectivity index (χ0) is 20.8. The second-order valence-corrected chi connectivity index (χ2v) is 7.01. The van der Waals surface area contributed by atoms with E-state index in [1.54, 1.807) is 37.4 Å². The molecule has 29 heavy (non-hydrogen) atoms. The number of ketones is 1. The van der Waals surface area contributed by atoms with Crippen molar-refractivity contribution in [1.82, 2.24) is 10.3 Å². The first kappa shape index (κ1) is 20.3. The van der Waals surface area contributed by atoms with Gasteiger partial charge in [-0.25, -0.2) is 4.98 Å². The largest absolute Gasteiger partial charge is 0.493 e. The van der Waals surface area contributed by atoms with E-state index in [0.29, 0.717) is 34.3 Å². The molecule has 0 saturated heterocycles. The summed E-state index contributed by atoms with van der Waals surface area (Å²) >= 11 is 1.44. The number of nitrogens with one attached hydrogen (secondary N) is 2. The monoisotopic (exact) mass is 411 g/mol. The van der Waals surface area contributed by atoms with Crippen LogP contribution < -0.4 is 20.1 Å². The molecule has 8 heteroatoms. The Morgan fingerprint density at radius 2 is 1.69 bits per heavy atom. The summed E-state index contributed by atoms with van der Waals surface area (Å²) in [6.07, 6.45) is 0. The van der Waals surface area contributed by atoms with Crippen molar-refractivity contribution in [3.8, 4) is 11.5 Å². The maximum atomic E-state index is 12.4. The fourth-order valence-corrected chi connectivity index (χ4v) is 3.34. The molecule has 150 valence electrons. The third kappa shape index (κ3) is 5.11. The Bertz CT molecular complexity index is 1020. The number of hydrogen-bond acceptors (Lipinski definition) is 7. The smallest absolute Gasteiger partial charge is 0.251 e. The summed E-state index contributed by atoms with van der Waals surface area (Å²) in [5.74, 6) is 0.860. The average molecular weight is 411 g/mol. The SMILES string of the molecule is COc1ccc(C(=O)NCc2csc(Nc3ccc(C(C)=O)cc3)n2)cc1OC. The standard InChI is InChI=1S/C21H21N3O4S/c1-13(25)14-4-7-16(8-5-14)23-21-24-17(12-29-21)11-22-20(26)15-6-9-18(27-2)19(10-15)28-3/h4-10,12H,11H2,1-3H3,(H,22,26)(H,23,24). The lowest BCUT2D eigenvalue weighted by molar-refractivity contribution is 0.0949. The molecule has 0 saturated carbocycles. The van der Waals surface area contributed by atoms with Crippen LogP contribution in [0.1, 0.15) is 33.3 Å². The van der Waals surface area contributed by atoms with E-state index in [2.05, 4.69) is 15.6 Å². The number of carbonyl (C=O) groups is 2. The minimum absolute atomic E-state index is 0.0262. The molecule has 1 heterocycles. The van der Waals surface area contributed by atoms with Crippen molar-refractivity contribution >= 4 is 33.8 Å². The normalized spacial score (nSPS) is 10.3. The topological polar surface area (TPSA) is 89.6 Å². The van der Waals surface area contributed by atoms with Gasteiger partial charge in [0.1, 0.15) is 0 Å². The lowest BCUT2D eigenvalue weighted by Gasteiger charge is -2.09. The number of Topliss-reactive ketones (excluding diaryl/α,β-unsaturated/α-hetero) is 1. The van der Waals surface area contributed by atoms with Crippen molar-refractivity contribution in [2.45, 2.75) is 13.5 Å². The van der Waals surface area contributed by atoms with Crippen LogP contribution in [0.25, 0.3) is 0 Å². The van der Waals surface area contributed by atoms with E-state index in [0.717, 1.165) is 11.4 Å². The van der Waals surface area contributed by atoms with E-state index in [1.165, 1.54) is 25.4 Å². The lowest BCUT2D eigenvalue weighted by atomic mass is 10.1. The highest BCUT2D eigenvalue weighted by molar-refractivity contribution is 7.13. The summed E-state index contributed by atoms with van der Waals surface area (Å²) in [5.41, 5.74) is 2.71. The molecule has 3 aromatic rings. The molecule has 1 aromatic heterocycles. The number of hydrogen-bond donors (Lipinski definition) is 2. The van der Waals surface area contributed by atoms with Gasteiger partial charge in [-0.15, -0.1) is 11.3 Å². The van der Waals surface area contributed by atoms with Crippen LogP contribution in [-0.4, -0.2) is 30.9 Å². The van der Waals surface area contributed by atoms with Gasteiger partial charge in [0, 0.05) is 22.2 Å². The molecule has 3 rings (SSSR count). The number of thiazole rings is 1. The second-order valence-electron chi connectivity index (χ2n) is 6.15. The molecule has 0 fully saturated rings. The van der Waals surface area contributed by atoms with Crippen molar-refractivity contribution in [3.63, 3.8) is 0 Å². The Hall–Kier alpha value is -3.39. The third-order valence-electron chi connectivity index (χ3n) is 4.17. The van der Waals surface area contributed by atoms with Crippen molar-refractivity contribution in [3.05, 3.63) is 64.7 Å². The van der Waals surface area contributed by atoms with Crippen LogP contribution in [0.15, 0.2) is 47.8 Å². The van der Waals surface area contributed by atoms with E-state index < -0.39 is 0 Å². The van der Waals surface area contributed by atoms with Gasteiger partial charge in [-0.1, -0.05) is 0 Å². The molecule has 0 unspecified atom stereocenters. The number of anilines is 2. The van der Waals surface area contributed by atoms with Crippen LogP contribution in [0.4, 0.5) is 10.8 Å². The van der Waals surface area contributed by atoms with Crippen LogP contribution in [0.3, 0.4) is 0 Å². The predicted octanol–water partition coefficient (Wildman–Crippen LogP) is 4.04. The van der Waals surface area contributed by atoms with E-state index in [1.807, 2.05) is 17.5 Å². The van der Waals surface area contributed by atoms with Gasteiger partial charge in [0.05, 0.1) is 26.5 Å². The average Bonchev–Trinajstić information content (AvgIpc) is 3.19. The maximum absolute atomic E-state index is 12.4. The van der Waals surface area contributed by atoms with Crippen LogP contribution >= 0.6 is 11.3 Å². The molecule has 2 N–H and O–H groups in total. The van der Waals surface area contributed by atoms with Gasteiger partial charge in [-0.05, 0) is 49.4 Å². The minimum Gasteiger partial charge on any atom is -0.493 e. The van der Waals surface area contributed by atoms with Gasteiger partial charge in [-0.3, -0.25) is 9.59 Å². The number of carbonyl (C=O) groups excluding carboxylic acids is 2. The first-order valence-electron chi connectivity index (χ1n) is 8.83. The highest BCUT2D eigenvalue weighted by Gasteiger charge is 2.11. The molecule has 0 radical (unpaired) electrons. The molecule has 0 aliphatic rings. The Balaban J connectivity index is 1.59. The zero-order valence-electron chi connectivity index (χ0n) is 16.3. The van der Waals surface area contributed by atoms with Crippen molar-refractivity contribution in [2.24, 2.45) is 0 Å². The zero-order valence-corrected chi connectivity index (χ0v) is 17.1. The summed E-state index contributed by atoms with van der Waals surface area (Å²) in [6, 6.07) is 12.2. The Labute approximate surface area is 172 Å². The number of ether oxygens (including phenoxy) is 2. The Kier molecular flexibility index (Phi) is 6.46. The van der Waals surface area contributed by atoms with Crippen LogP contribution in [-0.2, 0) is 6.54 Å². The van der Waals surface area contributed by atoms with Crippen molar-refractivity contribution in [2.75, 3.05) is 19.5 Å². The number of methoxy groups -OCH3 is 2. The quantitative estimate of drug-likeness (QED) is 0.544. The molecular formula is C21H21N3O4S. The minimum atomic E-state index is -0.228. The van der Waals surface area contributed by atoms with E-state index in [9.17, 15) is 9.59 Å². The van der Waals surface area contributed by atoms with Crippen molar-refractivity contribution < 1.29 is 19.1 Å². The molecule has 0 atom stereocenters. The number of amides is 1. The van der Waals surface area contributed by atoms with Crippen LogP contribution in [0, 0.1) is 0 Å². The number of aromatic nitrogens is 1. The summed E-state index contributed by atoms with van der Waals surface area (Å²) < 4.78 is 10.4. The highest BCUT2D eigenvalue weighted by Crippen LogP contribution is 2.27.